The molecule has 0 spiro atoms. The predicted molar refractivity (Wildman–Crippen MR) is 87.9 cm³/mol. The molecule has 0 saturated heterocycles. The van der Waals surface area contributed by atoms with E-state index in [0.717, 1.165) is 15.6 Å². The van der Waals surface area contributed by atoms with E-state index < -0.39 is 5.91 Å². The maximum atomic E-state index is 11.9. The second kappa shape index (κ2) is 6.25. The maximum absolute atomic E-state index is 11.9. The maximum Gasteiger partial charge on any atom is 0.255 e. The van der Waals surface area contributed by atoms with Crippen LogP contribution >= 0.6 is 11.3 Å². The average Bonchev–Trinajstić information content (AvgIpc) is 2.95. The molecule has 1 aromatic carbocycles. The van der Waals surface area contributed by atoms with Gasteiger partial charge in [0.2, 0.25) is 5.91 Å². The minimum absolute atomic E-state index is 0.0384. The molecular weight excluding hydrogens is 316 g/mol. The van der Waals surface area contributed by atoms with Gasteiger partial charge >= 0.3 is 0 Å². The molecule has 8 heteroatoms. The number of nitrogens with two attached hydrogens (primary N) is 1. The molecule has 1 aromatic heterocycles. The van der Waals surface area contributed by atoms with E-state index in [-0.39, 0.29) is 18.4 Å². The van der Waals surface area contributed by atoms with Crippen LogP contribution in [-0.2, 0) is 9.59 Å². The van der Waals surface area contributed by atoms with Crippen molar-refractivity contribution < 1.29 is 14.3 Å². The summed E-state index contributed by atoms with van der Waals surface area (Å²) < 4.78 is 5.25. The van der Waals surface area contributed by atoms with Gasteiger partial charge in [-0.15, -0.1) is 0 Å². The molecule has 0 saturated carbocycles. The van der Waals surface area contributed by atoms with Crippen LogP contribution in [0.2, 0.25) is 0 Å². The minimum Gasteiger partial charge on any atom is -0.484 e. The Morgan fingerprint density at radius 3 is 2.87 bits per heavy atom. The van der Waals surface area contributed by atoms with Crippen LogP contribution in [0.1, 0.15) is 22.8 Å². The Kier molecular flexibility index (Phi) is 4.16. The summed E-state index contributed by atoms with van der Waals surface area (Å²) in [6.45, 7) is -0.157. The van der Waals surface area contributed by atoms with Crippen LogP contribution in [0.15, 0.2) is 24.3 Å². The SMILES string of the molecule is CNc1nc2c(s1)[C@H](c1ccc(OCC(N)=O)cc1)CC(=O)N2. The molecule has 1 aliphatic rings. The van der Waals surface area contributed by atoms with Crippen molar-refractivity contribution in [3.05, 3.63) is 34.7 Å². The third-order valence-electron chi connectivity index (χ3n) is 3.49. The summed E-state index contributed by atoms with van der Waals surface area (Å²) in [5.74, 6) is 0.572. The molecule has 1 atom stereocenters. The number of carbonyl (C=O) groups is 2. The number of anilines is 2. The molecule has 7 nitrogen and oxygen atoms in total. The predicted octanol–water partition coefficient (Wildman–Crippen LogP) is 1.52. The summed E-state index contributed by atoms with van der Waals surface area (Å²) in [5, 5.41) is 6.57. The van der Waals surface area contributed by atoms with E-state index in [9.17, 15) is 9.59 Å². The fraction of sp³-hybridized carbons (Fsp3) is 0.267. The van der Waals surface area contributed by atoms with E-state index in [4.69, 9.17) is 10.5 Å². The number of amides is 2. The molecule has 120 valence electrons. The number of hydrogen-bond acceptors (Lipinski definition) is 6. The molecule has 0 aliphatic carbocycles. The first kappa shape index (κ1) is 15.3. The van der Waals surface area contributed by atoms with Gasteiger partial charge in [0.25, 0.3) is 5.91 Å². The van der Waals surface area contributed by atoms with Crippen LogP contribution in [0.3, 0.4) is 0 Å². The monoisotopic (exact) mass is 332 g/mol. The highest BCUT2D eigenvalue weighted by Crippen LogP contribution is 2.42. The van der Waals surface area contributed by atoms with Crippen molar-refractivity contribution in [1.29, 1.82) is 0 Å². The van der Waals surface area contributed by atoms with Crippen LogP contribution in [0, 0.1) is 0 Å². The zero-order valence-electron chi connectivity index (χ0n) is 12.5. The first-order valence-electron chi connectivity index (χ1n) is 7.06. The molecule has 2 aromatic rings. The van der Waals surface area contributed by atoms with Crippen molar-refractivity contribution in [2.75, 3.05) is 24.3 Å². The van der Waals surface area contributed by atoms with Crippen LogP contribution in [-0.4, -0.2) is 30.5 Å². The quantitative estimate of drug-likeness (QED) is 0.770. The molecular formula is C15H16N4O3S. The van der Waals surface area contributed by atoms with Gasteiger partial charge in [-0.3, -0.25) is 9.59 Å². The number of hydrogen-bond donors (Lipinski definition) is 3. The standard InChI is InChI=1S/C15H16N4O3S/c1-17-15-19-14-13(23-15)10(6-12(21)18-14)8-2-4-9(5-3-8)22-7-11(16)20/h2-5,10H,6-7H2,1H3,(H2,16,20)(H,17,19)(H,18,21)/t10-/m0/s1. The number of aromatic nitrogens is 1. The second-order valence-corrected chi connectivity index (χ2v) is 6.14. The van der Waals surface area contributed by atoms with Gasteiger partial charge in [-0.05, 0) is 17.7 Å². The molecule has 1 aliphatic heterocycles. The molecule has 4 N–H and O–H groups in total. The van der Waals surface area contributed by atoms with Gasteiger partial charge in [0.15, 0.2) is 11.7 Å². The smallest absolute Gasteiger partial charge is 0.255 e. The number of nitrogens with one attached hydrogen (secondary N) is 2. The summed E-state index contributed by atoms with van der Waals surface area (Å²) in [5.41, 5.74) is 6.05. The third-order valence-corrected chi connectivity index (χ3v) is 4.68. The number of benzene rings is 1. The van der Waals surface area contributed by atoms with E-state index in [0.29, 0.717) is 18.0 Å². The van der Waals surface area contributed by atoms with E-state index >= 15 is 0 Å². The minimum atomic E-state index is -0.521. The van der Waals surface area contributed by atoms with Crippen LogP contribution in [0.5, 0.6) is 5.75 Å². The number of fused-ring (bicyclic) bond motifs is 1. The number of ether oxygens (including phenoxy) is 1. The number of nitrogens with zero attached hydrogens (tertiary/aromatic N) is 1. The average molecular weight is 332 g/mol. The lowest BCUT2D eigenvalue weighted by Gasteiger charge is -2.21. The van der Waals surface area contributed by atoms with Crippen molar-refractivity contribution in [1.82, 2.24) is 4.98 Å². The van der Waals surface area contributed by atoms with E-state index in [2.05, 4.69) is 15.6 Å². The number of thiazole rings is 1. The first-order valence-corrected chi connectivity index (χ1v) is 7.88. The van der Waals surface area contributed by atoms with E-state index in [1.165, 1.54) is 11.3 Å². The Labute approximate surface area is 136 Å². The third kappa shape index (κ3) is 3.26. The van der Waals surface area contributed by atoms with Gasteiger partial charge in [-0.2, -0.15) is 0 Å². The lowest BCUT2D eigenvalue weighted by molar-refractivity contribution is -0.120. The van der Waals surface area contributed by atoms with Crippen molar-refractivity contribution >= 4 is 34.1 Å². The Morgan fingerprint density at radius 2 is 2.22 bits per heavy atom. The lowest BCUT2D eigenvalue weighted by atomic mass is 9.91. The Morgan fingerprint density at radius 1 is 1.48 bits per heavy atom. The van der Waals surface area contributed by atoms with Crippen molar-refractivity contribution in [3.8, 4) is 5.75 Å². The normalized spacial score (nSPS) is 16.4. The summed E-state index contributed by atoms with van der Waals surface area (Å²) in [7, 11) is 1.80. The zero-order valence-corrected chi connectivity index (χ0v) is 13.3. The van der Waals surface area contributed by atoms with Gasteiger partial charge in [0, 0.05) is 19.4 Å². The zero-order chi connectivity index (χ0) is 16.4. The van der Waals surface area contributed by atoms with Crippen LogP contribution in [0.25, 0.3) is 0 Å². The highest BCUT2D eigenvalue weighted by Gasteiger charge is 2.30. The molecule has 2 amide bonds. The fourth-order valence-electron chi connectivity index (χ4n) is 2.45. The molecule has 0 bridgehead atoms. The van der Waals surface area contributed by atoms with E-state index in [1.54, 1.807) is 19.2 Å². The van der Waals surface area contributed by atoms with Gasteiger partial charge < -0.3 is 21.1 Å². The van der Waals surface area contributed by atoms with Gasteiger partial charge in [-0.1, -0.05) is 23.5 Å². The Bertz CT molecular complexity index is 742. The molecule has 0 unspecified atom stereocenters. The van der Waals surface area contributed by atoms with Crippen LogP contribution in [0.4, 0.5) is 10.9 Å². The fourth-order valence-corrected chi connectivity index (χ4v) is 3.45. The lowest BCUT2D eigenvalue weighted by Crippen LogP contribution is -2.22. The molecule has 2 heterocycles. The molecule has 0 fully saturated rings. The number of primary amides is 1. The molecule has 3 rings (SSSR count). The number of rotatable bonds is 5. The van der Waals surface area contributed by atoms with E-state index in [1.807, 2.05) is 12.1 Å². The summed E-state index contributed by atoms with van der Waals surface area (Å²) in [6.07, 6.45) is 0.375. The first-order chi connectivity index (χ1) is 11.1. The van der Waals surface area contributed by atoms with Crippen molar-refractivity contribution in [2.24, 2.45) is 5.73 Å². The Balaban J connectivity index is 1.85. The van der Waals surface area contributed by atoms with Crippen molar-refractivity contribution in [3.63, 3.8) is 0 Å². The summed E-state index contributed by atoms with van der Waals surface area (Å²) in [4.78, 5) is 28.0. The summed E-state index contributed by atoms with van der Waals surface area (Å²) in [6, 6.07) is 7.32. The van der Waals surface area contributed by atoms with Gasteiger partial charge in [0.1, 0.15) is 11.6 Å². The van der Waals surface area contributed by atoms with Gasteiger partial charge in [-0.25, -0.2) is 4.98 Å². The highest BCUT2D eigenvalue weighted by atomic mass is 32.1. The topological polar surface area (TPSA) is 106 Å². The van der Waals surface area contributed by atoms with Gasteiger partial charge in [0.05, 0.1) is 4.88 Å². The summed E-state index contributed by atoms with van der Waals surface area (Å²) >= 11 is 1.53. The number of carbonyl (C=O) groups excluding carboxylic acids is 2. The molecule has 23 heavy (non-hydrogen) atoms. The molecule has 0 radical (unpaired) electrons. The largest absolute Gasteiger partial charge is 0.484 e. The Hall–Kier alpha value is -2.61. The highest BCUT2D eigenvalue weighted by molar-refractivity contribution is 7.16. The van der Waals surface area contributed by atoms with Crippen molar-refractivity contribution in [2.45, 2.75) is 12.3 Å². The second-order valence-electron chi connectivity index (χ2n) is 5.11. The van der Waals surface area contributed by atoms with Crippen LogP contribution < -0.4 is 21.1 Å².